The summed E-state index contributed by atoms with van der Waals surface area (Å²) in [5, 5.41) is 7.41. The molecule has 0 bridgehead atoms. The molecule has 0 radical (unpaired) electrons. The topological polar surface area (TPSA) is 79.0 Å². The predicted octanol–water partition coefficient (Wildman–Crippen LogP) is 5.15. The average molecular weight is 475 g/mol. The molecule has 0 unspecified atom stereocenters. The molecule has 0 atom stereocenters. The standard InChI is InChI=1S/C22H24ClFN6OS/c1-15-12-21(31-11-10-30(2)3)27-22(25-14-26-28-15)16-4-7-18(8-5-16)29-32-20-13-17(23)6-9-19(20)24/h4-9,12-14,28-29H,10-11H2,1-3H3. The smallest absolute Gasteiger partial charge is 0.217 e. The van der Waals surface area contributed by atoms with Crippen molar-refractivity contribution in [2.45, 2.75) is 11.8 Å². The summed E-state index contributed by atoms with van der Waals surface area (Å²) < 4.78 is 22.8. The van der Waals surface area contributed by atoms with Gasteiger partial charge in [-0.15, -0.1) is 0 Å². The van der Waals surface area contributed by atoms with Crippen LogP contribution in [-0.2, 0) is 0 Å². The van der Waals surface area contributed by atoms with Crippen LogP contribution in [0.3, 0.4) is 0 Å². The number of halogens is 2. The number of nitrogens with zero attached hydrogens (tertiary/aromatic N) is 4. The molecule has 0 aliphatic heterocycles. The first kappa shape index (κ1) is 23.8. The Labute approximate surface area is 195 Å². The van der Waals surface area contributed by atoms with E-state index in [0.29, 0.717) is 28.2 Å². The van der Waals surface area contributed by atoms with Gasteiger partial charge in [0.15, 0.2) is 5.82 Å². The van der Waals surface area contributed by atoms with E-state index >= 15 is 0 Å². The van der Waals surface area contributed by atoms with Crippen molar-refractivity contribution in [3.05, 3.63) is 71.4 Å². The molecule has 0 fully saturated rings. The maximum atomic E-state index is 13.9. The van der Waals surface area contributed by atoms with Crippen molar-refractivity contribution in [2.24, 2.45) is 0 Å². The normalized spacial score (nSPS) is 10.7. The van der Waals surface area contributed by atoms with Crippen LogP contribution in [0.25, 0.3) is 11.4 Å². The highest BCUT2D eigenvalue weighted by molar-refractivity contribution is 8.00. The van der Waals surface area contributed by atoms with Gasteiger partial charge in [0.1, 0.15) is 18.8 Å². The lowest BCUT2D eigenvalue weighted by Crippen LogP contribution is -2.19. The second-order valence-corrected chi connectivity index (χ2v) is 8.38. The molecule has 3 aromatic rings. The van der Waals surface area contributed by atoms with Gasteiger partial charge in [0.25, 0.3) is 0 Å². The molecular formula is C22H24ClFN6OS. The number of hydrogen-bond acceptors (Lipinski definition) is 7. The summed E-state index contributed by atoms with van der Waals surface area (Å²) in [5.41, 5.74) is 2.35. The van der Waals surface area contributed by atoms with E-state index in [2.05, 4.69) is 24.9 Å². The van der Waals surface area contributed by atoms with Crippen LogP contribution in [0, 0.1) is 12.7 Å². The first-order valence-electron chi connectivity index (χ1n) is 9.79. The molecule has 1 heterocycles. The Balaban J connectivity index is 1.79. The molecule has 2 N–H and O–H groups in total. The van der Waals surface area contributed by atoms with Crippen molar-refractivity contribution >= 4 is 29.2 Å². The summed E-state index contributed by atoms with van der Waals surface area (Å²) >= 11 is 7.09. The van der Waals surface area contributed by atoms with E-state index in [0.717, 1.165) is 35.4 Å². The van der Waals surface area contributed by atoms with Crippen molar-refractivity contribution in [1.82, 2.24) is 25.1 Å². The van der Waals surface area contributed by atoms with E-state index in [1.807, 2.05) is 50.2 Å². The van der Waals surface area contributed by atoms with Crippen LogP contribution in [0.1, 0.15) is 5.69 Å². The van der Waals surface area contributed by atoms with E-state index in [1.165, 1.54) is 18.5 Å². The Morgan fingerprint density at radius 2 is 1.94 bits per heavy atom. The summed E-state index contributed by atoms with van der Waals surface area (Å²) in [5.74, 6) is 0.563. The first-order chi connectivity index (χ1) is 15.4. The van der Waals surface area contributed by atoms with Gasteiger partial charge in [-0.2, -0.15) is 10.1 Å². The molecule has 10 heteroatoms. The fraction of sp³-hybridized carbons (Fsp3) is 0.227. The lowest BCUT2D eigenvalue weighted by molar-refractivity contribution is 0.254. The largest absolute Gasteiger partial charge is 0.476 e. The zero-order valence-electron chi connectivity index (χ0n) is 18.0. The minimum absolute atomic E-state index is 0.337. The third-order valence-electron chi connectivity index (χ3n) is 4.14. The molecule has 32 heavy (non-hydrogen) atoms. The number of H-pyrrole nitrogens is 1. The van der Waals surface area contributed by atoms with Gasteiger partial charge in [-0.05, 0) is 75.4 Å². The van der Waals surface area contributed by atoms with Crippen LogP contribution in [0.4, 0.5) is 10.1 Å². The van der Waals surface area contributed by atoms with Crippen LogP contribution in [-0.4, -0.2) is 52.3 Å². The summed E-state index contributed by atoms with van der Waals surface area (Å²) in [7, 11) is 3.96. The first-order valence-corrected chi connectivity index (χ1v) is 11.0. The van der Waals surface area contributed by atoms with Crippen molar-refractivity contribution in [3.8, 4) is 17.3 Å². The second-order valence-electron chi connectivity index (χ2n) is 7.09. The highest BCUT2D eigenvalue weighted by Crippen LogP contribution is 2.27. The number of aryl methyl sites for hydroxylation is 1. The fourth-order valence-corrected chi connectivity index (χ4v) is 3.45. The Hall–Kier alpha value is -2.88. The molecule has 0 saturated carbocycles. The van der Waals surface area contributed by atoms with Crippen LogP contribution in [0.5, 0.6) is 5.88 Å². The van der Waals surface area contributed by atoms with E-state index in [4.69, 9.17) is 16.3 Å². The van der Waals surface area contributed by atoms with Gasteiger partial charge in [0, 0.05) is 34.6 Å². The van der Waals surface area contributed by atoms with Gasteiger partial charge in [0.2, 0.25) is 5.88 Å². The van der Waals surface area contributed by atoms with Gasteiger partial charge in [-0.3, -0.25) is 5.10 Å². The molecule has 7 nitrogen and oxygen atoms in total. The summed E-state index contributed by atoms with van der Waals surface area (Å²) in [6, 6.07) is 13.7. The Kier molecular flexibility index (Phi) is 8.66. The third kappa shape index (κ3) is 7.37. The number of rotatable bonds is 8. The Morgan fingerprint density at radius 1 is 1.16 bits per heavy atom. The number of ether oxygens (including phenoxy) is 1. The molecule has 3 rings (SSSR count). The zero-order chi connectivity index (χ0) is 22.9. The van der Waals surface area contributed by atoms with Gasteiger partial charge in [-0.25, -0.2) is 9.37 Å². The molecule has 0 aliphatic carbocycles. The molecule has 0 saturated heterocycles. The molecule has 168 valence electrons. The number of likely N-dealkylation sites (N-methyl/N-ethyl adjacent to an activating group) is 1. The lowest BCUT2D eigenvalue weighted by atomic mass is 10.2. The van der Waals surface area contributed by atoms with Crippen molar-refractivity contribution in [3.63, 3.8) is 0 Å². The quantitative estimate of drug-likeness (QED) is 0.437. The van der Waals surface area contributed by atoms with Crippen molar-refractivity contribution in [1.29, 1.82) is 0 Å². The number of benzene rings is 2. The average Bonchev–Trinajstić information content (AvgIpc) is 2.85. The van der Waals surface area contributed by atoms with E-state index < -0.39 is 0 Å². The Bertz CT molecular complexity index is 1090. The highest BCUT2D eigenvalue weighted by Gasteiger charge is 2.06. The van der Waals surface area contributed by atoms with Crippen molar-refractivity contribution < 1.29 is 9.13 Å². The maximum absolute atomic E-state index is 13.9. The minimum atomic E-state index is -0.337. The maximum Gasteiger partial charge on any atom is 0.217 e. The van der Waals surface area contributed by atoms with E-state index in [1.54, 1.807) is 12.1 Å². The van der Waals surface area contributed by atoms with E-state index in [-0.39, 0.29) is 5.82 Å². The van der Waals surface area contributed by atoms with Crippen LogP contribution >= 0.6 is 23.5 Å². The minimum Gasteiger partial charge on any atom is -0.476 e. The van der Waals surface area contributed by atoms with Crippen LogP contribution in [0.15, 0.2) is 59.8 Å². The van der Waals surface area contributed by atoms with Gasteiger partial charge >= 0.3 is 0 Å². The number of aromatic amines is 1. The number of anilines is 1. The van der Waals surface area contributed by atoms with Gasteiger partial charge < -0.3 is 14.4 Å². The zero-order valence-corrected chi connectivity index (χ0v) is 19.5. The fourth-order valence-electron chi connectivity index (χ4n) is 2.50. The number of nitrogens with one attached hydrogen (secondary N) is 2. The Morgan fingerprint density at radius 3 is 2.69 bits per heavy atom. The second kappa shape index (κ2) is 11.7. The SMILES string of the molecule is Cc1cc(OCCN(C)C)nc(-c2ccc(NSc3cc(Cl)ccc3F)cc2)ncn[nH]1. The van der Waals surface area contributed by atoms with Crippen LogP contribution < -0.4 is 9.46 Å². The van der Waals surface area contributed by atoms with E-state index in [9.17, 15) is 4.39 Å². The number of hydrogen-bond donors (Lipinski definition) is 2. The predicted molar refractivity (Wildman–Crippen MR) is 127 cm³/mol. The molecule has 0 aliphatic rings. The van der Waals surface area contributed by atoms with Crippen molar-refractivity contribution in [2.75, 3.05) is 32.0 Å². The van der Waals surface area contributed by atoms with Crippen LogP contribution in [0.2, 0.25) is 5.02 Å². The van der Waals surface area contributed by atoms with Gasteiger partial charge in [-0.1, -0.05) is 11.6 Å². The third-order valence-corrected chi connectivity index (χ3v) is 5.24. The lowest BCUT2D eigenvalue weighted by Gasteiger charge is -2.10. The summed E-state index contributed by atoms with van der Waals surface area (Å²) in [6.07, 6.45) is 1.41. The highest BCUT2D eigenvalue weighted by atomic mass is 35.5. The summed E-state index contributed by atoms with van der Waals surface area (Å²) in [4.78, 5) is 11.4. The molecule has 2 aromatic carbocycles. The van der Waals surface area contributed by atoms with Gasteiger partial charge in [0.05, 0.1) is 4.90 Å². The molecule has 0 amide bonds. The monoisotopic (exact) mass is 474 g/mol. The molecular weight excluding hydrogens is 451 g/mol. The summed E-state index contributed by atoms with van der Waals surface area (Å²) in [6.45, 7) is 3.12. The molecule has 0 spiro atoms. The number of aromatic nitrogens is 4. The molecule has 1 aromatic heterocycles.